The lowest BCUT2D eigenvalue weighted by molar-refractivity contribution is 0.136. The lowest BCUT2D eigenvalue weighted by Gasteiger charge is -2.12. The minimum atomic E-state index is -0.433. The number of hydrogen-bond donors (Lipinski definition) is 1. The fourth-order valence-electron chi connectivity index (χ4n) is 2.62. The molecule has 4 heteroatoms. The van der Waals surface area contributed by atoms with Gasteiger partial charge in [-0.3, -0.25) is 0 Å². The number of amides is 1. The van der Waals surface area contributed by atoms with Gasteiger partial charge in [0.2, 0.25) is 0 Å². The molecule has 1 atom stereocenters. The molecule has 3 nitrogen and oxygen atoms in total. The van der Waals surface area contributed by atoms with Gasteiger partial charge in [-0.1, -0.05) is 36.4 Å². The monoisotopic (exact) mass is 285 g/mol. The third-order valence-electron chi connectivity index (χ3n) is 3.64. The van der Waals surface area contributed by atoms with Crippen LogP contribution in [0.4, 0.5) is 9.18 Å². The Morgan fingerprint density at radius 2 is 1.90 bits per heavy atom. The summed E-state index contributed by atoms with van der Waals surface area (Å²) in [5, 5.41) is 2.83. The van der Waals surface area contributed by atoms with Crippen molar-refractivity contribution in [2.24, 2.45) is 0 Å². The van der Waals surface area contributed by atoms with Crippen LogP contribution in [0.5, 0.6) is 0 Å². The summed E-state index contributed by atoms with van der Waals surface area (Å²) in [6.45, 7) is 0.251. The molecular formula is C17H16FNO2. The number of rotatable bonds is 3. The Hall–Kier alpha value is -2.36. The van der Waals surface area contributed by atoms with E-state index >= 15 is 0 Å². The van der Waals surface area contributed by atoms with Crippen LogP contribution in [-0.2, 0) is 24.2 Å². The number of fused-ring (bicyclic) bond motifs is 1. The molecule has 0 bridgehead atoms. The molecule has 0 aromatic heterocycles. The Labute approximate surface area is 122 Å². The van der Waals surface area contributed by atoms with Crippen LogP contribution in [0, 0.1) is 5.82 Å². The van der Waals surface area contributed by atoms with Crippen molar-refractivity contribution < 1.29 is 13.9 Å². The van der Waals surface area contributed by atoms with E-state index in [4.69, 9.17) is 4.74 Å². The summed E-state index contributed by atoms with van der Waals surface area (Å²) in [5.41, 5.74) is 3.00. The maximum absolute atomic E-state index is 13.1. The fraction of sp³-hybridized carbons (Fsp3) is 0.235. The highest BCUT2D eigenvalue weighted by Crippen LogP contribution is 2.23. The first-order valence-corrected chi connectivity index (χ1v) is 6.95. The number of benzene rings is 2. The summed E-state index contributed by atoms with van der Waals surface area (Å²) in [6, 6.07) is 14.3. The standard InChI is InChI=1S/C17H16FNO2/c18-15-7-6-13-9-16(10-14(13)8-15)19-17(20)21-11-12-4-2-1-3-5-12/h1-8,16H,9-11H2,(H,19,20)/t16-/m0/s1. The third-order valence-corrected chi connectivity index (χ3v) is 3.64. The molecule has 0 fully saturated rings. The molecule has 0 aliphatic heterocycles. The molecule has 1 aliphatic rings. The van der Waals surface area contributed by atoms with E-state index in [9.17, 15) is 9.18 Å². The third kappa shape index (κ3) is 3.40. The zero-order chi connectivity index (χ0) is 14.7. The van der Waals surface area contributed by atoms with Gasteiger partial charge in [-0.15, -0.1) is 0 Å². The molecule has 3 rings (SSSR count). The average Bonchev–Trinajstić information content (AvgIpc) is 2.87. The molecule has 1 amide bonds. The maximum atomic E-state index is 13.1. The Kier molecular flexibility index (Phi) is 3.86. The quantitative estimate of drug-likeness (QED) is 0.940. The van der Waals surface area contributed by atoms with E-state index in [2.05, 4.69) is 5.32 Å². The highest BCUT2D eigenvalue weighted by atomic mass is 19.1. The molecule has 2 aromatic carbocycles. The molecule has 0 unspecified atom stereocenters. The van der Waals surface area contributed by atoms with Gasteiger partial charge >= 0.3 is 6.09 Å². The molecule has 0 heterocycles. The second kappa shape index (κ2) is 5.95. The Morgan fingerprint density at radius 1 is 1.14 bits per heavy atom. The number of nitrogens with one attached hydrogen (secondary N) is 1. The number of carbonyl (C=O) groups is 1. The zero-order valence-corrected chi connectivity index (χ0v) is 11.5. The van der Waals surface area contributed by atoms with Gasteiger partial charge < -0.3 is 10.1 Å². The van der Waals surface area contributed by atoms with Gasteiger partial charge in [0, 0.05) is 6.04 Å². The summed E-state index contributed by atoms with van der Waals surface area (Å²) in [6.07, 6.45) is 0.931. The normalized spacial score (nSPS) is 16.3. The number of hydrogen-bond acceptors (Lipinski definition) is 2. The first-order chi connectivity index (χ1) is 10.2. The smallest absolute Gasteiger partial charge is 0.407 e. The Bertz CT molecular complexity index is 642. The lowest BCUT2D eigenvalue weighted by Crippen LogP contribution is -2.35. The molecule has 1 N–H and O–H groups in total. The molecule has 0 saturated carbocycles. The topological polar surface area (TPSA) is 38.3 Å². The second-order valence-corrected chi connectivity index (χ2v) is 5.22. The van der Waals surface area contributed by atoms with Gasteiger partial charge in [-0.25, -0.2) is 9.18 Å². The van der Waals surface area contributed by atoms with Gasteiger partial charge in [-0.2, -0.15) is 0 Å². The number of halogens is 1. The molecule has 0 radical (unpaired) electrons. The molecule has 21 heavy (non-hydrogen) atoms. The van der Waals surface area contributed by atoms with Crippen LogP contribution in [0.15, 0.2) is 48.5 Å². The molecule has 0 saturated heterocycles. The summed E-state index contributed by atoms with van der Waals surface area (Å²) in [5.74, 6) is -0.235. The van der Waals surface area contributed by atoms with E-state index in [-0.39, 0.29) is 18.5 Å². The van der Waals surface area contributed by atoms with Crippen molar-refractivity contribution >= 4 is 6.09 Å². The number of carbonyl (C=O) groups excluding carboxylic acids is 1. The maximum Gasteiger partial charge on any atom is 0.407 e. The van der Waals surface area contributed by atoms with Crippen LogP contribution in [-0.4, -0.2) is 12.1 Å². The van der Waals surface area contributed by atoms with Crippen molar-refractivity contribution in [1.29, 1.82) is 0 Å². The summed E-state index contributed by atoms with van der Waals surface area (Å²) in [7, 11) is 0. The van der Waals surface area contributed by atoms with Crippen molar-refractivity contribution in [3.8, 4) is 0 Å². The van der Waals surface area contributed by atoms with Crippen LogP contribution >= 0.6 is 0 Å². The minimum absolute atomic E-state index is 0.0231. The van der Waals surface area contributed by atoms with Crippen molar-refractivity contribution in [3.63, 3.8) is 0 Å². The van der Waals surface area contributed by atoms with E-state index in [0.29, 0.717) is 6.42 Å². The van der Waals surface area contributed by atoms with Crippen LogP contribution in [0.1, 0.15) is 16.7 Å². The predicted octanol–water partition coefficient (Wildman–Crippen LogP) is 3.22. The highest BCUT2D eigenvalue weighted by Gasteiger charge is 2.23. The largest absolute Gasteiger partial charge is 0.445 e. The summed E-state index contributed by atoms with van der Waals surface area (Å²) < 4.78 is 18.3. The first kappa shape index (κ1) is 13.6. The molecule has 1 aliphatic carbocycles. The number of ether oxygens (including phenoxy) is 1. The van der Waals surface area contributed by atoms with E-state index < -0.39 is 6.09 Å². The van der Waals surface area contributed by atoms with Crippen molar-refractivity contribution in [2.45, 2.75) is 25.5 Å². The summed E-state index contributed by atoms with van der Waals surface area (Å²) in [4.78, 5) is 11.8. The second-order valence-electron chi connectivity index (χ2n) is 5.22. The highest BCUT2D eigenvalue weighted by molar-refractivity contribution is 5.68. The predicted molar refractivity (Wildman–Crippen MR) is 77.4 cm³/mol. The van der Waals surface area contributed by atoms with Crippen LogP contribution in [0.25, 0.3) is 0 Å². The van der Waals surface area contributed by atoms with Crippen molar-refractivity contribution in [3.05, 3.63) is 71.0 Å². The van der Waals surface area contributed by atoms with Crippen LogP contribution in [0.2, 0.25) is 0 Å². The van der Waals surface area contributed by atoms with Crippen molar-refractivity contribution in [1.82, 2.24) is 5.32 Å². The average molecular weight is 285 g/mol. The lowest BCUT2D eigenvalue weighted by atomic mass is 10.1. The van der Waals surface area contributed by atoms with Gasteiger partial charge in [0.05, 0.1) is 0 Å². The fourth-order valence-corrected chi connectivity index (χ4v) is 2.62. The van der Waals surface area contributed by atoms with Gasteiger partial charge in [-0.05, 0) is 41.7 Å². The Morgan fingerprint density at radius 3 is 2.71 bits per heavy atom. The number of alkyl carbamates (subject to hydrolysis) is 1. The SMILES string of the molecule is O=C(N[C@H]1Cc2ccc(F)cc2C1)OCc1ccccc1. The van der Waals surface area contributed by atoms with E-state index in [1.165, 1.54) is 12.1 Å². The van der Waals surface area contributed by atoms with E-state index in [1.54, 1.807) is 6.07 Å². The zero-order valence-electron chi connectivity index (χ0n) is 11.5. The summed E-state index contributed by atoms with van der Waals surface area (Å²) >= 11 is 0. The molecular weight excluding hydrogens is 269 g/mol. The first-order valence-electron chi connectivity index (χ1n) is 6.95. The van der Waals surface area contributed by atoms with Crippen LogP contribution < -0.4 is 5.32 Å². The van der Waals surface area contributed by atoms with E-state index in [1.807, 2.05) is 30.3 Å². The van der Waals surface area contributed by atoms with Gasteiger partial charge in [0.15, 0.2) is 0 Å². The molecule has 0 spiro atoms. The van der Waals surface area contributed by atoms with Gasteiger partial charge in [0.1, 0.15) is 12.4 Å². The van der Waals surface area contributed by atoms with Gasteiger partial charge in [0.25, 0.3) is 0 Å². The minimum Gasteiger partial charge on any atom is -0.445 e. The van der Waals surface area contributed by atoms with Crippen LogP contribution in [0.3, 0.4) is 0 Å². The van der Waals surface area contributed by atoms with Crippen molar-refractivity contribution in [2.75, 3.05) is 0 Å². The molecule has 2 aromatic rings. The van der Waals surface area contributed by atoms with E-state index in [0.717, 1.165) is 23.1 Å². The molecule has 108 valence electrons. The Balaban J connectivity index is 1.51.